The van der Waals surface area contributed by atoms with Crippen molar-refractivity contribution in [1.82, 2.24) is 4.98 Å². The molecule has 0 saturated carbocycles. The number of nitrogens with zero attached hydrogens (tertiary/aromatic N) is 1. The van der Waals surface area contributed by atoms with Crippen molar-refractivity contribution < 1.29 is 4.74 Å². The van der Waals surface area contributed by atoms with Crippen molar-refractivity contribution in [2.75, 3.05) is 19.0 Å². The number of hydrogen-bond acceptors (Lipinski definition) is 4. The van der Waals surface area contributed by atoms with Crippen LogP contribution in [0.1, 0.15) is 19.4 Å². The first-order valence-electron chi connectivity index (χ1n) is 6.47. The molecule has 1 aromatic carbocycles. The smallest absolute Gasteiger partial charge is 0.183 e. The minimum atomic E-state index is 0.619. The molecule has 0 aliphatic carbocycles. The van der Waals surface area contributed by atoms with Crippen LogP contribution >= 0.6 is 11.3 Å². The lowest BCUT2D eigenvalue weighted by molar-refractivity contribution is 0.185. The largest absolute Gasteiger partial charge is 0.380 e. The second kappa shape index (κ2) is 6.68. The van der Waals surface area contributed by atoms with Gasteiger partial charge in [0.15, 0.2) is 5.13 Å². The van der Waals surface area contributed by atoms with Crippen LogP contribution in [-0.2, 0) is 11.3 Å². The fraction of sp³-hybridized carbons (Fsp3) is 0.400. The topological polar surface area (TPSA) is 34.1 Å². The molecule has 2 aromatic rings. The Bertz CT molecular complexity index is 522. The third kappa shape index (κ3) is 3.78. The van der Waals surface area contributed by atoms with Gasteiger partial charge in [0.25, 0.3) is 0 Å². The van der Waals surface area contributed by atoms with Gasteiger partial charge in [0, 0.05) is 19.9 Å². The lowest BCUT2D eigenvalue weighted by atomic mass is 10.1. The molecule has 0 atom stereocenters. The number of hydrogen-bond donors (Lipinski definition) is 1. The number of rotatable bonds is 6. The van der Waals surface area contributed by atoms with E-state index in [-0.39, 0.29) is 0 Å². The second-order valence-electron chi connectivity index (χ2n) is 4.89. The van der Waals surface area contributed by atoms with Crippen LogP contribution in [0, 0.1) is 5.92 Å². The molecule has 2 rings (SSSR count). The first-order chi connectivity index (χ1) is 9.20. The number of nitrogens with one attached hydrogen (secondary N) is 1. The van der Waals surface area contributed by atoms with E-state index < -0.39 is 0 Å². The van der Waals surface area contributed by atoms with E-state index >= 15 is 0 Å². The van der Waals surface area contributed by atoms with E-state index in [2.05, 4.69) is 42.3 Å². The molecule has 1 N–H and O–H groups in total. The van der Waals surface area contributed by atoms with Crippen molar-refractivity contribution in [2.24, 2.45) is 5.92 Å². The summed E-state index contributed by atoms with van der Waals surface area (Å²) in [5, 5.41) is 4.34. The number of aromatic nitrogens is 1. The summed E-state index contributed by atoms with van der Waals surface area (Å²) in [7, 11) is 1.72. The Morgan fingerprint density at radius 2 is 2.11 bits per heavy atom. The molecule has 0 aliphatic rings. The highest BCUT2D eigenvalue weighted by Gasteiger charge is 2.08. The minimum absolute atomic E-state index is 0.619. The molecule has 1 heterocycles. The van der Waals surface area contributed by atoms with Gasteiger partial charge in [-0.1, -0.05) is 49.4 Å². The Balaban J connectivity index is 2.18. The molecule has 0 saturated heterocycles. The molecule has 0 unspecified atom stereocenters. The van der Waals surface area contributed by atoms with Gasteiger partial charge in [0.1, 0.15) is 0 Å². The first kappa shape index (κ1) is 14.0. The van der Waals surface area contributed by atoms with Gasteiger partial charge >= 0.3 is 0 Å². The van der Waals surface area contributed by atoms with Crippen LogP contribution in [0.15, 0.2) is 30.5 Å². The van der Waals surface area contributed by atoms with Crippen LogP contribution in [0.3, 0.4) is 0 Å². The fourth-order valence-electron chi connectivity index (χ4n) is 1.81. The lowest BCUT2D eigenvalue weighted by Gasteiger charge is -2.06. The summed E-state index contributed by atoms with van der Waals surface area (Å²) < 4.78 is 5.24. The number of ether oxygens (including phenoxy) is 1. The molecule has 0 bridgehead atoms. The van der Waals surface area contributed by atoms with Crippen molar-refractivity contribution in [3.63, 3.8) is 0 Å². The standard InChI is InChI=1S/C15H20N2OS/c1-11(2)8-16-15-17-9-14(19-15)13-7-5-4-6-12(13)10-18-3/h4-7,9,11H,8,10H2,1-3H3,(H,16,17). The van der Waals surface area contributed by atoms with Crippen molar-refractivity contribution in [3.8, 4) is 10.4 Å². The summed E-state index contributed by atoms with van der Waals surface area (Å²) in [6, 6.07) is 8.31. The van der Waals surface area contributed by atoms with Gasteiger partial charge in [-0.25, -0.2) is 4.98 Å². The quantitative estimate of drug-likeness (QED) is 0.865. The monoisotopic (exact) mass is 276 g/mol. The maximum absolute atomic E-state index is 5.24. The molecular formula is C15H20N2OS. The fourth-order valence-corrected chi connectivity index (χ4v) is 2.70. The summed E-state index contributed by atoms with van der Waals surface area (Å²) in [6.07, 6.45) is 1.93. The molecule has 4 heteroatoms. The van der Waals surface area contributed by atoms with Crippen LogP contribution in [0.5, 0.6) is 0 Å². The molecule has 0 spiro atoms. The number of benzene rings is 1. The highest BCUT2D eigenvalue weighted by molar-refractivity contribution is 7.18. The van der Waals surface area contributed by atoms with Gasteiger partial charge in [0.05, 0.1) is 11.5 Å². The molecule has 0 fully saturated rings. The average Bonchev–Trinajstić information content (AvgIpc) is 2.86. The van der Waals surface area contributed by atoms with E-state index in [0.29, 0.717) is 12.5 Å². The molecule has 3 nitrogen and oxygen atoms in total. The molecule has 0 radical (unpaired) electrons. The summed E-state index contributed by atoms with van der Waals surface area (Å²) >= 11 is 1.69. The van der Waals surface area contributed by atoms with Gasteiger partial charge in [-0.15, -0.1) is 0 Å². The van der Waals surface area contributed by atoms with E-state index in [1.807, 2.05) is 12.3 Å². The minimum Gasteiger partial charge on any atom is -0.380 e. The zero-order valence-corrected chi connectivity index (χ0v) is 12.5. The molecule has 0 aliphatic heterocycles. The van der Waals surface area contributed by atoms with Gasteiger partial charge in [0.2, 0.25) is 0 Å². The predicted molar refractivity (Wildman–Crippen MR) is 81.6 cm³/mol. The Kier molecular flexibility index (Phi) is 4.93. The summed E-state index contributed by atoms with van der Waals surface area (Å²) in [5.41, 5.74) is 2.41. The third-order valence-corrected chi connectivity index (χ3v) is 3.74. The van der Waals surface area contributed by atoms with Crippen LogP contribution in [0.2, 0.25) is 0 Å². The normalized spacial score (nSPS) is 10.9. The van der Waals surface area contributed by atoms with Crippen LogP contribution in [0.4, 0.5) is 5.13 Å². The second-order valence-corrected chi connectivity index (χ2v) is 5.93. The lowest BCUT2D eigenvalue weighted by Crippen LogP contribution is -2.07. The maximum Gasteiger partial charge on any atom is 0.183 e. The Morgan fingerprint density at radius 3 is 2.84 bits per heavy atom. The van der Waals surface area contributed by atoms with Gasteiger partial charge < -0.3 is 10.1 Å². The van der Waals surface area contributed by atoms with Crippen LogP contribution < -0.4 is 5.32 Å². The maximum atomic E-state index is 5.24. The molecule has 1 aromatic heterocycles. The SMILES string of the molecule is COCc1ccccc1-c1cnc(NCC(C)C)s1. The van der Waals surface area contributed by atoms with Crippen molar-refractivity contribution >= 4 is 16.5 Å². The van der Waals surface area contributed by atoms with E-state index in [1.165, 1.54) is 16.0 Å². The molecule has 102 valence electrons. The van der Waals surface area contributed by atoms with Gasteiger partial charge in [-0.3, -0.25) is 0 Å². The third-order valence-electron chi connectivity index (χ3n) is 2.75. The van der Waals surface area contributed by atoms with Crippen LogP contribution in [-0.4, -0.2) is 18.6 Å². The van der Waals surface area contributed by atoms with E-state index in [9.17, 15) is 0 Å². The number of thiazole rings is 1. The molecule has 0 amide bonds. The average molecular weight is 276 g/mol. The van der Waals surface area contributed by atoms with Crippen molar-refractivity contribution in [2.45, 2.75) is 20.5 Å². The van der Waals surface area contributed by atoms with E-state index in [0.717, 1.165) is 11.7 Å². The highest BCUT2D eigenvalue weighted by Crippen LogP contribution is 2.31. The van der Waals surface area contributed by atoms with Crippen molar-refractivity contribution in [3.05, 3.63) is 36.0 Å². The Hall–Kier alpha value is -1.39. The first-order valence-corrected chi connectivity index (χ1v) is 7.29. The highest BCUT2D eigenvalue weighted by atomic mass is 32.1. The van der Waals surface area contributed by atoms with E-state index in [1.54, 1.807) is 18.4 Å². The zero-order valence-electron chi connectivity index (χ0n) is 11.6. The van der Waals surface area contributed by atoms with Crippen LogP contribution in [0.25, 0.3) is 10.4 Å². The molecule has 19 heavy (non-hydrogen) atoms. The van der Waals surface area contributed by atoms with Gasteiger partial charge in [-0.05, 0) is 17.0 Å². The number of methoxy groups -OCH3 is 1. The van der Waals surface area contributed by atoms with E-state index in [4.69, 9.17) is 4.74 Å². The van der Waals surface area contributed by atoms with Crippen molar-refractivity contribution in [1.29, 1.82) is 0 Å². The Labute approximate surface area is 118 Å². The summed E-state index contributed by atoms with van der Waals surface area (Å²) in [5.74, 6) is 0.619. The predicted octanol–water partition coefficient (Wildman–Crippen LogP) is 4.02. The Morgan fingerprint density at radius 1 is 1.32 bits per heavy atom. The number of anilines is 1. The molecular weight excluding hydrogens is 256 g/mol. The zero-order chi connectivity index (χ0) is 13.7. The van der Waals surface area contributed by atoms with Gasteiger partial charge in [-0.2, -0.15) is 0 Å². The summed E-state index contributed by atoms with van der Waals surface area (Å²) in [4.78, 5) is 5.61. The summed E-state index contributed by atoms with van der Waals surface area (Å²) in [6.45, 7) is 5.96.